The maximum atomic E-state index is 11.5. The molecule has 0 aliphatic carbocycles. The Kier molecular flexibility index (Phi) is 7.48. The van der Waals surface area contributed by atoms with E-state index in [4.69, 9.17) is 5.73 Å². The quantitative estimate of drug-likeness (QED) is 0.619. The number of hydrogen-bond acceptors (Lipinski definition) is 3. The molecule has 1 unspecified atom stereocenters. The molecular formula is C14H31N3O. The van der Waals surface area contributed by atoms with Crippen LogP contribution in [-0.4, -0.2) is 42.0 Å². The summed E-state index contributed by atoms with van der Waals surface area (Å²) >= 11 is 0. The van der Waals surface area contributed by atoms with E-state index in [0.717, 1.165) is 25.8 Å². The highest BCUT2D eigenvalue weighted by atomic mass is 16.1. The van der Waals surface area contributed by atoms with E-state index in [1.807, 2.05) is 20.8 Å². The minimum atomic E-state index is -0.579. The molecule has 108 valence electrons. The monoisotopic (exact) mass is 257 g/mol. The van der Waals surface area contributed by atoms with Crippen LogP contribution in [0.5, 0.6) is 0 Å². The third-order valence-corrected chi connectivity index (χ3v) is 3.47. The number of primary amides is 1. The van der Waals surface area contributed by atoms with Gasteiger partial charge in [0.2, 0.25) is 5.91 Å². The van der Waals surface area contributed by atoms with Crippen LogP contribution in [0.25, 0.3) is 0 Å². The van der Waals surface area contributed by atoms with Gasteiger partial charge >= 0.3 is 0 Å². The van der Waals surface area contributed by atoms with Crippen molar-refractivity contribution in [3.63, 3.8) is 0 Å². The number of nitrogens with one attached hydrogen (secondary N) is 1. The molecule has 1 atom stereocenters. The molecule has 0 aliphatic rings. The highest BCUT2D eigenvalue weighted by Gasteiger charge is 2.30. The SMILES string of the molecule is CC(C)NC(C)(CCCCN(C)C(C)C)C(N)=O. The highest BCUT2D eigenvalue weighted by Crippen LogP contribution is 2.15. The first-order valence-electron chi connectivity index (χ1n) is 6.97. The minimum absolute atomic E-state index is 0.256. The second kappa shape index (κ2) is 7.74. The predicted octanol–water partition coefficient (Wildman–Crippen LogP) is 1.74. The number of carbonyl (C=O) groups excluding carboxylic acids is 1. The van der Waals surface area contributed by atoms with Crippen molar-refractivity contribution >= 4 is 5.91 Å². The zero-order chi connectivity index (χ0) is 14.3. The van der Waals surface area contributed by atoms with Crippen LogP contribution in [0, 0.1) is 0 Å². The fraction of sp³-hybridized carbons (Fsp3) is 0.929. The van der Waals surface area contributed by atoms with E-state index in [1.165, 1.54) is 0 Å². The van der Waals surface area contributed by atoms with E-state index in [9.17, 15) is 4.79 Å². The largest absolute Gasteiger partial charge is 0.368 e. The Morgan fingerprint density at radius 2 is 1.83 bits per heavy atom. The summed E-state index contributed by atoms with van der Waals surface area (Å²) in [6, 6.07) is 0.835. The molecule has 0 radical (unpaired) electrons. The van der Waals surface area contributed by atoms with Gasteiger partial charge in [0, 0.05) is 12.1 Å². The molecule has 4 nitrogen and oxygen atoms in total. The Labute approximate surface area is 112 Å². The van der Waals surface area contributed by atoms with Gasteiger partial charge in [-0.25, -0.2) is 0 Å². The smallest absolute Gasteiger partial charge is 0.237 e. The van der Waals surface area contributed by atoms with Gasteiger partial charge in [0.05, 0.1) is 5.54 Å². The molecule has 18 heavy (non-hydrogen) atoms. The maximum Gasteiger partial charge on any atom is 0.237 e. The van der Waals surface area contributed by atoms with Crippen molar-refractivity contribution in [1.29, 1.82) is 0 Å². The molecule has 0 heterocycles. The van der Waals surface area contributed by atoms with Crippen molar-refractivity contribution in [2.75, 3.05) is 13.6 Å². The van der Waals surface area contributed by atoms with Gasteiger partial charge in [0.1, 0.15) is 0 Å². The average molecular weight is 257 g/mol. The Balaban J connectivity index is 4.10. The number of carbonyl (C=O) groups is 1. The second-order valence-electron chi connectivity index (χ2n) is 6.03. The fourth-order valence-corrected chi connectivity index (χ4v) is 2.00. The molecular weight excluding hydrogens is 226 g/mol. The van der Waals surface area contributed by atoms with Gasteiger partial charge in [0.25, 0.3) is 0 Å². The van der Waals surface area contributed by atoms with E-state index in [0.29, 0.717) is 6.04 Å². The summed E-state index contributed by atoms with van der Waals surface area (Å²) in [6.07, 6.45) is 2.90. The Morgan fingerprint density at radius 3 is 2.22 bits per heavy atom. The standard InChI is InChI=1S/C14H31N3O/c1-11(2)16-14(5,13(15)18)9-7-8-10-17(6)12(3)4/h11-12,16H,7-10H2,1-6H3,(H2,15,18). The lowest BCUT2D eigenvalue weighted by Crippen LogP contribution is -2.55. The van der Waals surface area contributed by atoms with Crippen LogP contribution in [0.15, 0.2) is 0 Å². The van der Waals surface area contributed by atoms with Gasteiger partial charge < -0.3 is 16.0 Å². The molecule has 0 fully saturated rings. The molecule has 4 heteroatoms. The second-order valence-corrected chi connectivity index (χ2v) is 6.03. The van der Waals surface area contributed by atoms with Crippen molar-refractivity contribution in [3.05, 3.63) is 0 Å². The molecule has 0 aromatic carbocycles. The van der Waals surface area contributed by atoms with Crippen LogP contribution in [0.1, 0.15) is 53.9 Å². The molecule has 0 spiro atoms. The van der Waals surface area contributed by atoms with Gasteiger partial charge in [-0.3, -0.25) is 4.79 Å². The van der Waals surface area contributed by atoms with Gasteiger partial charge in [-0.1, -0.05) is 0 Å². The fourth-order valence-electron chi connectivity index (χ4n) is 2.00. The number of unbranched alkanes of at least 4 members (excludes halogenated alkanes) is 1. The first kappa shape index (κ1) is 17.4. The van der Waals surface area contributed by atoms with Gasteiger partial charge in [0.15, 0.2) is 0 Å². The summed E-state index contributed by atoms with van der Waals surface area (Å²) in [6.45, 7) is 11.4. The predicted molar refractivity (Wildman–Crippen MR) is 77.5 cm³/mol. The zero-order valence-electron chi connectivity index (χ0n) is 12.9. The van der Waals surface area contributed by atoms with Crippen LogP contribution in [0.2, 0.25) is 0 Å². The van der Waals surface area contributed by atoms with Crippen LogP contribution in [0.3, 0.4) is 0 Å². The van der Waals surface area contributed by atoms with Crippen LogP contribution in [0.4, 0.5) is 0 Å². The molecule has 0 rings (SSSR count). The Bertz CT molecular complexity index is 253. The van der Waals surface area contributed by atoms with Crippen molar-refractivity contribution in [2.24, 2.45) is 5.73 Å². The lowest BCUT2D eigenvalue weighted by molar-refractivity contribution is -0.124. The van der Waals surface area contributed by atoms with E-state index in [-0.39, 0.29) is 11.9 Å². The van der Waals surface area contributed by atoms with Crippen LogP contribution < -0.4 is 11.1 Å². The van der Waals surface area contributed by atoms with E-state index in [2.05, 4.69) is 31.1 Å². The number of rotatable bonds is 9. The van der Waals surface area contributed by atoms with Crippen molar-refractivity contribution < 1.29 is 4.79 Å². The Morgan fingerprint density at radius 1 is 1.28 bits per heavy atom. The first-order chi connectivity index (χ1) is 8.19. The molecule has 0 bridgehead atoms. The van der Waals surface area contributed by atoms with Crippen LogP contribution in [-0.2, 0) is 4.79 Å². The summed E-state index contributed by atoms with van der Waals surface area (Å²) in [4.78, 5) is 13.9. The van der Waals surface area contributed by atoms with E-state index >= 15 is 0 Å². The number of nitrogens with two attached hydrogens (primary N) is 1. The van der Waals surface area contributed by atoms with Crippen LogP contribution >= 0.6 is 0 Å². The first-order valence-corrected chi connectivity index (χ1v) is 6.97. The molecule has 0 aliphatic heterocycles. The Hall–Kier alpha value is -0.610. The normalized spacial score (nSPS) is 15.4. The lowest BCUT2D eigenvalue weighted by Gasteiger charge is -2.30. The molecule has 3 N–H and O–H groups in total. The summed E-state index contributed by atoms with van der Waals surface area (Å²) in [5.74, 6) is -0.256. The van der Waals surface area contributed by atoms with Gasteiger partial charge in [-0.05, 0) is 67.5 Å². The molecule has 1 amide bonds. The topological polar surface area (TPSA) is 58.4 Å². The number of amides is 1. The van der Waals surface area contributed by atoms with E-state index < -0.39 is 5.54 Å². The van der Waals surface area contributed by atoms with Gasteiger partial charge in [-0.15, -0.1) is 0 Å². The molecule has 0 aromatic rings. The molecule has 0 saturated carbocycles. The zero-order valence-corrected chi connectivity index (χ0v) is 12.9. The number of nitrogens with zero attached hydrogens (tertiary/aromatic N) is 1. The molecule has 0 saturated heterocycles. The highest BCUT2D eigenvalue weighted by molar-refractivity contribution is 5.84. The average Bonchev–Trinajstić information content (AvgIpc) is 2.22. The summed E-state index contributed by atoms with van der Waals surface area (Å²) in [5, 5.41) is 3.28. The van der Waals surface area contributed by atoms with Crippen molar-refractivity contribution in [2.45, 2.75) is 71.5 Å². The number of hydrogen-bond donors (Lipinski definition) is 2. The lowest BCUT2D eigenvalue weighted by atomic mass is 9.93. The minimum Gasteiger partial charge on any atom is -0.368 e. The summed E-state index contributed by atoms with van der Waals surface area (Å²) < 4.78 is 0. The summed E-state index contributed by atoms with van der Waals surface area (Å²) in [5.41, 5.74) is 4.92. The molecule has 0 aromatic heterocycles. The van der Waals surface area contributed by atoms with Gasteiger partial charge in [-0.2, -0.15) is 0 Å². The van der Waals surface area contributed by atoms with E-state index in [1.54, 1.807) is 0 Å². The third kappa shape index (κ3) is 6.36. The van der Waals surface area contributed by atoms with Crippen molar-refractivity contribution in [1.82, 2.24) is 10.2 Å². The van der Waals surface area contributed by atoms with Crippen molar-refractivity contribution in [3.8, 4) is 0 Å². The maximum absolute atomic E-state index is 11.5. The third-order valence-electron chi connectivity index (χ3n) is 3.47. The summed E-state index contributed by atoms with van der Waals surface area (Å²) in [7, 11) is 2.13.